The molecule has 2 aromatic heterocycles. The van der Waals surface area contributed by atoms with Gasteiger partial charge in [-0.25, -0.2) is 9.78 Å². The highest BCUT2D eigenvalue weighted by Crippen LogP contribution is 2.36. The Morgan fingerprint density at radius 2 is 1.80 bits per heavy atom. The topological polar surface area (TPSA) is 53.4 Å². The fourth-order valence-electron chi connectivity index (χ4n) is 3.88. The van der Waals surface area contributed by atoms with Crippen molar-refractivity contribution in [3.8, 4) is 17.0 Å². The van der Waals surface area contributed by atoms with Crippen LogP contribution in [0.1, 0.15) is 37.2 Å². The van der Waals surface area contributed by atoms with Crippen LogP contribution in [0.3, 0.4) is 0 Å². The molecule has 0 amide bonds. The van der Waals surface area contributed by atoms with Crippen molar-refractivity contribution in [2.75, 3.05) is 13.7 Å². The number of carbonyl (C=O) groups excluding carboxylic acids is 1. The molecular weight excluding hydrogens is 376 g/mol. The Kier molecular flexibility index (Phi) is 5.70. The van der Waals surface area contributed by atoms with Gasteiger partial charge in [-0.15, -0.1) is 0 Å². The molecule has 0 saturated heterocycles. The molecule has 30 heavy (non-hydrogen) atoms. The summed E-state index contributed by atoms with van der Waals surface area (Å²) in [7, 11) is 1.65. The molecule has 0 N–H and O–H groups in total. The van der Waals surface area contributed by atoms with E-state index >= 15 is 0 Å². The summed E-state index contributed by atoms with van der Waals surface area (Å²) in [5, 5.41) is 2.14. The van der Waals surface area contributed by atoms with Crippen molar-refractivity contribution in [1.82, 2.24) is 9.55 Å². The number of unbranched alkanes of at least 4 members (excludes halogenated alkanes) is 1. The summed E-state index contributed by atoms with van der Waals surface area (Å²) in [6.07, 6.45) is 2.16. The number of pyridine rings is 1. The molecule has 5 nitrogen and oxygen atoms in total. The number of hydrogen-bond donors (Lipinski definition) is 0. The molecule has 0 radical (unpaired) electrons. The fourth-order valence-corrected chi connectivity index (χ4v) is 3.88. The van der Waals surface area contributed by atoms with Crippen LogP contribution in [0.25, 0.3) is 33.1 Å². The predicted octanol–water partition coefficient (Wildman–Crippen LogP) is 5.84. The van der Waals surface area contributed by atoms with Crippen LogP contribution in [0.15, 0.2) is 54.6 Å². The van der Waals surface area contributed by atoms with E-state index in [-0.39, 0.29) is 0 Å². The summed E-state index contributed by atoms with van der Waals surface area (Å²) in [5.41, 5.74) is 4.24. The van der Waals surface area contributed by atoms with Crippen molar-refractivity contribution in [3.05, 3.63) is 60.3 Å². The first-order valence-corrected chi connectivity index (χ1v) is 10.4. The quantitative estimate of drug-likeness (QED) is 0.364. The maximum atomic E-state index is 12.6. The van der Waals surface area contributed by atoms with Gasteiger partial charge in [0.2, 0.25) is 0 Å². The first-order valence-electron chi connectivity index (χ1n) is 10.4. The summed E-state index contributed by atoms with van der Waals surface area (Å²) < 4.78 is 12.9. The lowest BCUT2D eigenvalue weighted by Crippen LogP contribution is -2.08. The van der Waals surface area contributed by atoms with Crippen molar-refractivity contribution >= 4 is 27.8 Å². The average Bonchev–Trinajstić information content (AvgIpc) is 3.11. The summed E-state index contributed by atoms with van der Waals surface area (Å²) in [6.45, 7) is 5.20. The highest BCUT2D eigenvalue weighted by molar-refractivity contribution is 6.13. The third kappa shape index (κ3) is 3.52. The minimum absolute atomic E-state index is 0.314. The average molecular weight is 402 g/mol. The van der Waals surface area contributed by atoms with Crippen molar-refractivity contribution in [3.63, 3.8) is 0 Å². The highest BCUT2D eigenvalue weighted by atomic mass is 16.5. The zero-order chi connectivity index (χ0) is 21.1. The number of aromatic nitrogens is 2. The van der Waals surface area contributed by atoms with E-state index in [9.17, 15) is 4.79 Å². The Morgan fingerprint density at radius 1 is 1.03 bits per heavy atom. The summed E-state index contributed by atoms with van der Waals surface area (Å²) in [5.74, 6) is 0.377. The van der Waals surface area contributed by atoms with Gasteiger partial charge in [-0.3, -0.25) is 0 Å². The molecule has 0 unspecified atom stereocenters. The van der Waals surface area contributed by atoms with Crippen LogP contribution in [-0.2, 0) is 11.3 Å². The molecule has 154 valence electrons. The number of hydrogen-bond acceptors (Lipinski definition) is 4. The van der Waals surface area contributed by atoms with E-state index in [0.717, 1.165) is 58.2 Å². The monoisotopic (exact) mass is 402 g/mol. The minimum atomic E-state index is -0.403. The van der Waals surface area contributed by atoms with Crippen molar-refractivity contribution in [2.45, 2.75) is 33.2 Å². The molecular formula is C25H26N2O3. The lowest BCUT2D eigenvalue weighted by atomic mass is 10.1. The molecule has 2 aromatic carbocycles. The van der Waals surface area contributed by atoms with E-state index in [0.29, 0.717) is 12.3 Å². The van der Waals surface area contributed by atoms with E-state index in [4.69, 9.17) is 14.5 Å². The van der Waals surface area contributed by atoms with Gasteiger partial charge >= 0.3 is 5.97 Å². The Morgan fingerprint density at radius 3 is 2.50 bits per heavy atom. The normalized spacial score (nSPS) is 11.2. The zero-order valence-electron chi connectivity index (χ0n) is 17.6. The molecule has 2 heterocycles. The molecule has 0 aliphatic rings. The van der Waals surface area contributed by atoms with Crippen LogP contribution < -0.4 is 4.74 Å². The van der Waals surface area contributed by atoms with Crippen LogP contribution in [0.5, 0.6) is 5.75 Å². The number of carbonyl (C=O) groups is 1. The Bertz CT molecular complexity index is 1190. The van der Waals surface area contributed by atoms with Gasteiger partial charge in [-0.2, -0.15) is 0 Å². The second-order valence-corrected chi connectivity index (χ2v) is 7.22. The van der Waals surface area contributed by atoms with Gasteiger partial charge in [0.25, 0.3) is 0 Å². The van der Waals surface area contributed by atoms with Gasteiger partial charge in [-0.1, -0.05) is 31.5 Å². The number of esters is 1. The highest BCUT2D eigenvalue weighted by Gasteiger charge is 2.20. The minimum Gasteiger partial charge on any atom is -0.497 e. The van der Waals surface area contributed by atoms with Gasteiger partial charge in [-0.05, 0) is 49.7 Å². The van der Waals surface area contributed by atoms with Gasteiger partial charge in [0.15, 0.2) is 0 Å². The van der Waals surface area contributed by atoms with E-state index in [1.54, 1.807) is 14.0 Å². The van der Waals surface area contributed by atoms with Crippen molar-refractivity contribution < 1.29 is 14.3 Å². The second kappa shape index (κ2) is 8.57. The molecule has 0 spiro atoms. The lowest BCUT2D eigenvalue weighted by molar-refractivity contribution is 0.0520. The standard InChI is InChI=1S/C25H26N2O3/c1-4-6-15-27-22-10-8-7-9-19(22)20-16-21(25(28)30-5-2)26-23(24(20)27)17-11-13-18(29-3)14-12-17/h7-14,16H,4-6,15H2,1-3H3. The van der Waals surface area contributed by atoms with Crippen LogP contribution in [0.2, 0.25) is 0 Å². The maximum absolute atomic E-state index is 12.6. The van der Waals surface area contributed by atoms with Gasteiger partial charge in [0.1, 0.15) is 11.4 Å². The first kappa shape index (κ1) is 20.0. The molecule has 0 bridgehead atoms. The van der Waals surface area contributed by atoms with E-state index in [1.165, 1.54) is 0 Å². The lowest BCUT2D eigenvalue weighted by Gasteiger charge is -2.12. The predicted molar refractivity (Wildman–Crippen MR) is 120 cm³/mol. The molecule has 0 aliphatic heterocycles. The SMILES string of the molecule is CCCCn1c2ccccc2c2cc(C(=O)OCC)nc(-c3ccc(OC)cc3)c21. The molecule has 4 rings (SSSR count). The fraction of sp³-hybridized carbons (Fsp3) is 0.280. The number of aryl methyl sites for hydroxylation is 1. The number of fused-ring (bicyclic) bond motifs is 3. The smallest absolute Gasteiger partial charge is 0.356 e. The first-order chi connectivity index (χ1) is 14.7. The number of benzene rings is 2. The molecule has 5 heteroatoms. The summed E-state index contributed by atoms with van der Waals surface area (Å²) in [6, 6.07) is 18.0. The molecule has 0 atom stereocenters. The molecule has 0 saturated carbocycles. The number of rotatable bonds is 7. The zero-order valence-corrected chi connectivity index (χ0v) is 17.6. The van der Waals surface area contributed by atoms with Gasteiger partial charge < -0.3 is 14.0 Å². The Labute approximate surface area is 176 Å². The maximum Gasteiger partial charge on any atom is 0.356 e. The van der Waals surface area contributed by atoms with Crippen LogP contribution >= 0.6 is 0 Å². The third-order valence-corrected chi connectivity index (χ3v) is 5.33. The van der Waals surface area contributed by atoms with Gasteiger partial charge in [0, 0.05) is 28.4 Å². The summed E-state index contributed by atoms with van der Waals surface area (Å²) in [4.78, 5) is 17.3. The van der Waals surface area contributed by atoms with Gasteiger partial charge in [0.05, 0.1) is 24.9 Å². The third-order valence-electron chi connectivity index (χ3n) is 5.33. The number of methoxy groups -OCH3 is 1. The number of para-hydroxylation sites is 1. The Hall–Kier alpha value is -3.34. The molecule has 0 fully saturated rings. The molecule has 0 aliphatic carbocycles. The Balaban J connectivity index is 2.06. The van der Waals surface area contributed by atoms with Crippen LogP contribution in [0.4, 0.5) is 0 Å². The van der Waals surface area contributed by atoms with E-state index in [1.807, 2.05) is 36.4 Å². The van der Waals surface area contributed by atoms with Crippen LogP contribution in [-0.4, -0.2) is 29.2 Å². The summed E-state index contributed by atoms with van der Waals surface area (Å²) >= 11 is 0. The van der Waals surface area contributed by atoms with E-state index in [2.05, 4.69) is 29.7 Å². The van der Waals surface area contributed by atoms with E-state index < -0.39 is 5.97 Å². The van der Waals surface area contributed by atoms with Crippen LogP contribution in [0, 0.1) is 0 Å². The second-order valence-electron chi connectivity index (χ2n) is 7.22. The van der Waals surface area contributed by atoms with Crippen molar-refractivity contribution in [1.29, 1.82) is 0 Å². The number of nitrogens with zero attached hydrogens (tertiary/aromatic N) is 2. The molecule has 4 aromatic rings. The largest absolute Gasteiger partial charge is 0.497 e. The number of ether oxygens (including phenoxy) is 2. The van der Waals surface area contributed by atoms with Crippen molar-refractivity contribution in [2.24, 2.45) is 0 Å².